The van der Waals surface area contributed by atoms with E-state index in [1.165, 1.54) is 6.33 Å². The molecule has 2 N–H and O–H groups in total. The Morgan fingerprint density at radius 2 is 2.04 bits per heavy atom. The molecule has 0 amide bonds. The van der Waals surface area contributed by atoms with Crippen molar-refractivity contribution in [3.05, 3.63) is 54.7 Å². The first-order valence-electron chi connectivity index (χ1n) is 7.40. The lowest BCUT2D eigenvalue weighted by Gasteiger charge is -2.15. The van der Waals surface area contributed by atoms with Gasteiger partial charge in [0.05, 0.1) is 12.3 Å². The van der Waals surface area contributed by atoms with Gasteiger partial charge >= 0.3 is 0 Å². The van der Waals surface area contributed by atoms with Crippen molar-refractivity contribution in [2.24, 2.45) is 0 Å². The Morgan fingerprint density at radius 1 is 1.13 bits per heavy atom. The zero-order valence-corrected chi connectivity index (χ0v) is 12.3. The van der Waals surface area contributed by atoms with Crippen LogP contribution in [0.2, 0.25) is 0 Å². The SMILES string of the molecule is OCCC(Nc1ncnc2c1oc1ccccc12)c1ccco1. The molecule has 1 unspecified atom stereocenters. The Hall–Kier alpha value is -2.86. The summed E-state index contributed by atoms with van der Waals surface area (Å²) < 4.78 is 11.3. The number of benzene rings is 1. The van der Waals surface area contributed by atoms with E-state index in [0.717, 1.165) is 22.2 Å². The normalized spacial score (nSPS) is 12.7. The van der Waals surface area contributed by atoms with Crippen molar-refractivity contribution in [1.82, 2.24) is 9.97 Å². The third kappa shape index (κ3) is 2.43. The van der Waals surface area contributed by atoms with E-state index in [9.17, 15) is 5.11 Å². The summed E-state index contributed by atoms with van der Waals surface area (Å²) in [6, 6.07) is 11.2. The summed E-state index contributed by atoms with van der Waals surface area (Å²) >= 11 is 0. The average Bonchev–Trinajstić information content (AvgIpc) is 3.23. The third-order valence-corrected chi connectivity index (χ3v) is 3.77. The van der Waals surface area contributed by atoms with Gasteiger partial charge in [-0.3, -0.25) is 0 Å². The summed E-state index contributed by atoms with van der Waals surface area (Å²) in [6.45, 7) is 0.0344. The first-order chi connectivity index (χ1) is 11.4. The van der Waals surface area contributed by atoms with Crippen LogP contribution >= 0.6 is 0 Å². The number of nitrogens with one attached hydrogen (secondary N) is 1. The number of nitrogens with zero attached hydrogens (tertiary/aromatic N) is 2. The second kappa shape index (κ2) is 5.73. The van der Waals surface area contributed by atoms with Crippen molar-refractivity contribution in [1.29, 1.82) is 0 Å². The molecular weight excluding hydrogens is 294 g/mol. The number of hydrogen-bond donors (Lipinski definition) is 2. The molecule has 1 aromatic carbocycles. The van der Waals surface area contributed by atoms with Gasteiger partial charge in [-0.15, -0.1) is 0 Å². The van der Waals surface area contributed by atoms with Gasteiger partial charge in [-0.25, -0.2) is 9.97 Å². The number of aromatic nitrogens is 2. The van der Waals surface area contributed by atoms with E-state index >= 15 is 0 Å². The number of aliphatic hydroxyl groups excluding tert-OH is 1. The molecule has 0 aliphatic heterocycles. The Labute approximate surface area is 131 Å². The minimum absolute atomic E-state index is 0.0344. The highest BCUT2D eigenvalue weighted by atomic mass is 16.3. The topological polar surface area (TPSA) is 84.3 Å². The maximum atomic E-state index is 9.30. The van der Waals surface area contributed by atoms with Gasteiger partial charge in [-0.1, -0.05) is 12.1 Å². The lowest BCUT2D eigenvalue weighted by Crippen LogP contribution is -2.13. The smallest absolute Gasteiger partial charge is 0.196 e. The molecule has 1 atom stereocenters. The van der Waals surface area contributed by atoms with E-state index in [1.54, 1.807) is 6.26 Å². The van der Waals surface area contributed by atoms with Gasteiger partial charge in [0.2, 0.25) is 0 Å². The van der Waals surface area contributed by atoms with E-state index in [1.807, 2.05) is 36.4 Å². The predicted molar refractivity (Wildman–Crippen MR) is 86.1 cm³/mol. The van der Waals surface area contributed by atoms with E-state index in [2.05, 4.69) is 15.3 Å². The minimum Gasteiger partial charge on any atom is -0.467 e. The van der Waals surface area contributed by atoms with E-state index in [0.29, 0.717) is 17.8 Å². The van der Waals surface area contributed by atoms with Crippen molar-refractivity contribution >= 4 is 27.9 Å². The number of furan rings is 2. The summed E-state index contributed by atoms with van der Waals surface area (Å²) in [4.78, 5) is 8.62. The van der Waals surface area contributed by atoms with Crippen LogP contribution in [-0.2, 0) is 0 Å². The van der Waals surface area contributed by atoms with Crippen LogP contribution in [0.25, 0.3) is 22.1 Å². The van der Waals surface area contributed by atoms with Crippen LogP contribution in [-0.4, -0.2) is 21.7 Å². The highest BCUT2D eigenvalue weighted by Crippen LogP contribution is 2.32. The molecule has 0 fully saturated rings. The zero-order chi connectivity index (χ0) is 15.6. The minimum atomic E-state index is -0.193. The fourth-order valence-corrected chi connectivity index (χ4v) is 2.70. The van der Waals surface area contributed by atoms with Crippen molar-refractivity contribution < 1.29 is 13.9 Å². The number of aliphatic hydroxyl groups is 1. The molecule has 0 bridgehead atoms. The molecule has 4 aromatic rings. The Morgan fingerprint density at radius 3 is 2.87 bits per heavy atom. The van der Waals surface area contributed by atoms with Crippen molar-refractivity contribution in [2.75, 3.05) is 11.9 Å². The van der Waals surface area contributed by atoms with Crippen molar-refractivity contribution in [2.45, 2.75) is 12.5 Å². The van der Waals surface area contributed by atoms with Crippen molar-refractivity contribution in [3.63, 3.8) is 0 Å². The quantitative estimate of drug-likeness (QED) is 0.587. The van der Waals surface area contributed by atoms with Crippen LogP contribution in [0.4, 0.5) is 5.82 Å². The van der Waals surface area contributed by atoms with Crippen LogP contribution in [0.15, 0.2) is 57.8 Å². The largest absolute Gasteiger partial charge is 0.467 e. The number of anilines is 1. The molecule has 3 heterocycles. The fourth-order valence-electron chi connectivity index (χ4n) is 2.70. The van der Waals surface area contributed by atoms with Crippen LogP contribution in [0, 0.1) is 0 Å². The van der Waals surface area contributed by atoms with Crippen LogP contribution in [0.5, 0.6) is 0 Å². The van der Waals surface area contributed by atoms with Gasteiger partial charge in [-0.2, -0.15) is 0 Å². The molecule has 116 valence electrons. The van der Waals surface area contributed by atoms with Gasteiger partial charge in [0.25, 0.3) is 0 Å². The van der Waals surface area contributed by atoms with E-state index in [4.69, 9.17) is 8.83 Å². The number of para-hydroxylation sites is 1. The molecule has 6 heteroatoms. The molecule has 0 aliphatic rings. The summed E-state index contributed by atoms with van der Waals surface area (Å²) in [5, 5.41) is 13.5. The molecule has 0 saturated heterocycles. The van der Waals surface area contributed by atoms with E-state index in [-0.39, 0.29) is 12.6 Å². The Balaban J connectivity index is 1.79. The standard InChI is InChI=1S/C17H15N3O3/c21-8-7-12(14-6-3-9-22-14)20-17-16-15(18-10-19-17)11-4-1-2-5-13(11)23-16/h1-6,9-10,12,21H,7-8H2,(H,18,19,20). The summed E-state index contributed by atoms with van der Waals surface area (Å²) in [5.74, 6) is 1.32. The zero-order valence-electron chi connectivity index (χ0n) is 12.3. The number of rotatable bonds is 5. The van der Waals surface area contributed by atoms with Crippen molar-refractivity contribution in [3.8, 4) is 0 Å². The average molecular weight is 309 g/mol. The number of hydrogen-bond acceptors (Lipinski definition) is 6. The molecular formula is C17H15N3O3. The van der Waals surface area contributed by atoms with Gasteiger partial charge in [-0.05, 0) is 30.7 Å². The summed E-state index contributed by atoms with van der Waals surface area (Å²) in [7, 11) is 0. The second-order valence-electron chi connectivity index (χ2n) is 5.22. The highest BCUT2D eigenvalue weighted by Gasteiger charge is 2.18. The Kier molecular flexibility index (Phi) is 3.44. The molecule has 0 saturated carbocycles. The van der Waals surface area contributed by atoms with Crippen LogP contribution in [0.3, 0.4) is 0 Å². The number of fused-ring (bicyclic) bond motifs is 3. The fraction of sp³-hybridized carbons (Fsp3) is 0.176. The van der Waals surface area contributed by atoms with Gasteiger partial charge < -0.3 is 19.3 Å². The lowest BCUT2D eigenvalue weighted by molar-refractivity contribution is 0.273. The Bertz CT molecular complexity index is 931. The third-order valence-electron chi connectivity index (χ3n) is 3.77. The molecule has 0 radical (unpaired) electrons. The first kappa shape index (κ1) is 13.8. The molecule has 3 aromatic heterocycles. The van der Waals surface area contributed by atoms with Gasteiger partial charge in [0.15, 0.2) is 11.4 Å². The molecule has 23 heavy (non-hydrogen) atoms. The first-order valence-corrected chi connectivity index (χ1v) is 7.40. The van der Waals surface area contributed by atoms with E-state index < -0.39 is 0 Å². The maximum absolute atomic E-state index is 9.30. The van der Waals surface area contributed by atoms with Crippen LogP contribution in [0.1, 0.15) is 18.2 Å². The monoisotopic (exact) mass is 309 g/mol. The van der Waals surface area contributed by atoms with Gasteiger partial charge in [0, 0.05) is 12.0 Å². The highest BCUT2D eigenvalue weighted by molar-refractivity contribution is 6.05. The van der Waals surface area contributed by atoms with Crippen LogP contribution < -0.4 is 5.32 Å². The summed E-state index contributed by atoms with van der Waals surface area (Å²) in [6.07, 6.45) is 3.61. The summed E-state index contributed by atoms with van der Waals surface area (Å²) in [5.41, 5.74) is 2.13. The van der Waals surface area contributed by atoms with Gasteiger partial charge in [0.1, 0.15) is 23.2 Å². The molecule has 4 rings (SSSR count). The molecule has 0 spiro atoms. The maximum Gasteiger partial charge on any atom is 0.196 e. The molecule has 0 aliphatic carbocycles. The molecule has 6 nitrogen and oxygen atoms in total. The predicted octanol–water partition coefficient (Wildman–Crippen LogP) is 3.50. The second-order valence-corrected chi connectivity index (χ2v) is 5.22. The lowest BCUT2D eigenvalue weighted by atomic mass is 10.1.